The molecule has 1 aliphatic rings. The summed E-state index contributed by atoms with van der Waals surface area (Å²) in [5, 5.41) is -0.289. The van der Waals surface area contributed by atoms with Crippen LogP contribution in [0, 0.1) is 0 Å². The van der Waals surface area contributed by atoms with Gasteiger partial charge in [-0.1, -0.05) is 24.3 Å². The highest BCUT2D eigenvalue weighted by molar-refractivity contribution is 8.19. The van der Waals surface area contributed by atoms with Crippen molar-refractivity contribution < 1.29 is 9.59 Å². The number of pyridine rings is 1. The van der Waals surface area contributed by atoms with Crippen molar-refractivity contribution in [3.63, 3.8) is 0 Å². The van der Waals surface area contributed by atoms with E-state index in [9.17, 15) is 9.59 Å². The summed E-state index contributed by atoms with van der Waals surface area (Å²) in [4.78, 5) is 30.0. The molecule has 98 valence electrons. The average molecular weight is 282 g/mol. The van der Waals surface area contributed by atoms with Gasteiger partial charge < -0.3 is 0 Å². The van der Waals surface area contributed by atoms with Gasteiger partial charge in [-0.15, -0.1) is 0 Å². The minimum Gasteiger partial charge on any atom is -0.268 e. The number of imide groups is 1. The summed E-state index contributed by atoms with van der Waals surface area (Å²) in [6.45, 7) is 0. The first-order chi connectivity index (χ1) is 9.75. The number of benzene rings is 1. The van der Waals surface area contributed by atoms with Crippen LogP contribution in [0.1, 0.15) is 5.69 Å². The van der Waals surface area contributed by atoms with Crippen LogP contribution in [0.4, 0.5) is 10.5 Å². The molecule has 0 spiro atoms. The van der Waals surface area contributed by atoms with E-state index in [4.69, 9.17) is 0 Å². The Balaban J connectivity index is 1.93. The molecule has 0 bridgehead atoms. The Kier molecular flexibility index (Phi) is 3.35. The van der Waals surface area contributed by atoms with E-state index in [1.807, 2.05) is 12.1 Å². The van der Waals surface area contributed by atoms with E-state index in [-0.39, 0.29) is 11.1 Å². The van der Waals surface area contributed by atoms with Crippen LogP contribution in [0.5, 0.6) is 0 Å². The molecule has 0 saturated carbocycles. The number of aromatic nitrogens is 1. The zero-order valence-corrected chi connectivity index (χ0v) is 11.2. The Morgan fingerprint density at radius 2 is 1.75 bits per heavy atom. The number of hydrogen-bond acceptors (Lipinski definition) is 4. The smallest absolute Gasteiger partial charge is 0.268 e. The summed E-state index contributed by atoms with van der Waals surface area (Å²) >= 11 is 0.930. The standard InChI is InChI=1S/C15H10N2O2S/c18-14-13(10-11-6-4-5-9-16-11)20-15(19)17(14)12-7-2-1-3-8-12/h1-10H/b13-10+. The van der Waals surface area contributed by atoms with E-state index < -0.39 is 0 Å². The van der Waals surface area contributed by atoms with E-state index in [2.05, 4.69) is 4.98 Å². The van der Waals surface area contributed by atoms with Gasteiger partial charge >= 0.3 is 0 Å². The van der Waals surface area contributed by atoms with Gasteiger partial charge in [0.1, 0.15) is 0 Å². The number of carbonyl (C=O) groups is 2. The molecule has 2 aromatic rings. The summed E-state index contributed by atoms with van der Waals surface area (Å²) in [5.41, 5.74) is 1.24. The Morgan fingerprint density at radius 1 is 1.00 bits per heavy atom. The maximum Gasteiger partial charge on any atom is 0.298 e. The second-order valence-corrected chi connectivity index (χ2v) is 5.10. The zero-order chi connectivity index (χ0) is 13.9. The predicted molar refractivity (Wildman–Crippen MR) is 79.1 cm³/mol. The van der Waals surface area contributed by atoms with E-state index in [0.29, 0.717) is 16.3 Å². The molecule has 5 heteroatoms. The van der Waals surface area contributed by atoms with Gasteiger partial charge in [0.2, 0.25) is 0 Å². The molecule has 20 heavy (non-hydrogen) atoms. The number of nitrogens with zero attached hydrogens (tertiary/aromatic N) is 2. The number of rotatable bonds is 2. The van der Waals surface area contributed by atoms with Crippen LogP contribution < -0.4 is 4.90 Å². The minimum absolute atomic E-state index is 0.289. The summed E-state index contributed by atoms with van der Waals surface area (Å²) in [6.07, 6.45) is 3.28. The van der Waals surface area contributed by atoms with Gasteiger partial charge in [-0.25, -0.2) is 4.90 Å². The summed E-state index contributed by atoms with van der Waals surface area (Å²) in [5.74, 6) is -0.308. The van der Waals surface area contributed by atoms with Crippen molar-refractivity contribution in [3.8, 4) is 0 Å². The third-order valence-electron chi connectivity index (χ3n) is 2.77. The number of anilines is 1. The molecule has 0 radical (unpaired) electrons. The third-order valence-corrected chi connectivity index (χ3v) is 3.64. The molecule has 4 nitrogen and oxygen atoms in total. The third kappa shape index (κ3) is 2.35. The molecule has 1 aromatic heterocycles. The van der Waals surface area contributed by atoms with Crippen LogP contribution >= 0.6 is 11.8 Å². The predicted octanol–water partition coefficient (Wildman–Crippen LogP) is 3.32. The quantitative estimate of drug-likeness (QED) is 0.793. The van der Waals surface area contributed by atoms with E-state index >= 15 is 0 Å². The van der Waals surface area contributed by atoms with Gasteiger partial charge in [-0.05, 0) is 42.1 Å². The molecule has 3 rings (SSSR count). The monoisotopic (exact) mass is 282 g/mol. The highest BCUT2D eigenvalue weighted by Crippen LogP contribution is 2.35. The first kappa shape index (κ1) is 12.6. The van der Waals surface area contributed by atoms with Gasteiger partial charge in [-0.3, -0.25) is 14.6 Å². The number of thioether (sulfide) groups is 1. The fourth-order valence-electron chi connectivity index (χ4n) is 1.86. The maximum atomic E-state index is 12.3. The lowest BCUT2D eigenvalue weighted by Crippen LogP contribution is -2.27. The lowest BCUT2D eigenvalue weighted by Gasteiger charge is -2.11. The topological polar surface area (TPSA) is 50.3 Å². The summed E-state index contributed by atoms with van der Waals surface area (Å²) in [7, 11) is 0. The van der Waals surface area contributed by atoms with Crippen LogP contribution in [0.25, 0.3) is 6.08 Å². The largest absolute Gasteiger partial charge is 0.298 e. The van der Waals surface area contributed by atoms with Crippen LogP contribution in [0.2, 0.25) is 0 Å². The lowest BCUT2D eigenvalue weighted by atomic mass is 10.2. The van der Waals surface area contributed by atoms with Crippen molar-refractivity contribution in [3.05, 3.63) is 65.3 Å². The number of para-hydroxylation sites is 1. The normalized spacial score (nSPS) is 17.0. The Bertz CT molecular complexity index is 684. The van der Waals surface area contributed by atoms with Gasteiger partial charge in [0.15, 0.2) is 0 Å². The van der Waals surface area contributed by atoms with Crippen molar-refractivity contribution in [2.75, 3.05) is 4.90 Å². The summed E-state index contributed by atoms with van der Waals surface area (Å²) < 4.78 is 0. The molecule has 0 unspecified atom stereocenters. The fourth-order valence-corrected chi connectivity index (χ4v) is 2.69. The van der Waals surface area contributed by atoms with Crippen LogP contribution in [0.15, 0.2) is 59.6 Å². The van der Waals surface area contributed by atoms with Crippen molar-refractivity contribution in [1.82, 2.24) is 4.98 Å². The molecule has 1 aromatic carbocycles. The Hall–Kier alpha value is -2.40. The molecule has 2 amide bonds. The van der Waals surface area contributed by atoms with Crippen LogP contribution in [-0.2, 0) is 4.79 Å². The van der Waals surface area contributed by atoms with Gasteiger partial charge in [-0.2, -0.15) is 0 Å². The highest BCUT2D eigenvalue weighted by atomic mass is 32.2. The molecule has 0 N–H and O–H groups in total. The Morgan fingerprint density at radius 3 is 2.45 bits per heavy atom. The average Bonchev–Trinajstić information content (AvgIpc) is 2.75. The lowest BCUT2D eigenvalue weighted by molar-refractivity contribution is -0.113. The molecule has 1 fully saturated rings. The fraction of sp³-hybridized carbons (Fsp3) is 0. The first-order valence-electron chi connectivity index (χ1n) is 6.00. The second kappa shape index (κ2) is 5.30. The van der Waals surface area contributed by atoms with Crippen molar-refractivity contribution >= 4 is 34.7 Å². The zero-order valence-electron chi connectivity index (χ0n) is 10.4. The number of hydrogen-bond donors (Lipinski definition) is 0. The van der Waals surface area contributed by atoms with Gasteiger partial charge in [0.05, 0.1) is 16.3 Å². The number of amides is 2. The van der Waals surface area contributed by atoms with Crippen molar-refractivity contribution in [2.45, 2.75) is 0 Å². The molecular formula is C15H10N2O2S. The Labute approximate surface area is 120 Å². The molecule has 1 aliphatic heterocycles. The van der Waals surface area contributed by atoms with E-state index in [1.54, 1.807) is 48.7 Å². The SMILES string of the molecule is O=C1S/C(=C/c2ccccn2)C(=O)N1c1ccccc1. The highest BCUT2D eigenvalue weighted by Gasteiger charge is 2.36. The molecule has 0 aliphatic carbocycles. The van der Waals surface area contributed by atoms with Crippen LogP contribution in [-0.4, -0.2) is 16.1 Å². The second-order valence-electron chi connectivity index (χ2n) is 4.11. The van der Waals surface area contributed by atoms with E-state index in [1.165, 1.54) is 4.90 Å². The maximum absolute atomic E-state index is 12.3. The molecule has 1 saturated heterocycles. The first-order valence-corrected chi connectivity index (χ1v) is 6.81. The van der Waals surface area contributed by atoms with E-state index in [0.717, 1.165) is 11.8 Å². The number of carbonyl (C=O) groups excluding carboxylic acids is 2. The summed E-state index contributed by atoms with van der Waals surface area (Å²) in [6, 6.07) is 14.3. The molecular weight excluding hydrogens is 272 g/mol. The molecule has 0 atom stereocenters. The van der Waals surface area contributed by atoms with Crippen LogP contribution in [0.3, 0.4) is 0 Å². The van der Waals surface area contributed by atoms with Gasteiger partial charge in [0, 0.05) is 6.20 Å². The van der Waals surface area contributed by atoms with Crippen molar-refractivity contribution in [2.24, 2.45) is 0 Å². The van der Waals surface area contributed by atoms with Gasteiger partial charge in [0.25, 0.3) is 11.1 Å². The minimum atomic E-state index is -0.308. The molecule has 2 heterocycles. The van der Waals surface area contributed by atoms with Crippen molar-refractivity contribution in [1.29, 1.82) is 0 Å².